The summed E-state index contributed by atoms with van der Waals surface area (Å²) in [4.78, 5) is 75.2. The standard InChI is InChI=1S/C43H55N7O6/c1-3-4-5-9-16-33(44)42(55)49(2)38(25-29-19-21-31(51)22-20-29)43(56)50-23-12-18-37(50)41(54)48-36(26-30-27-46-34-17-11-10-15-32(30)34)40(53)47-35(39(45)52)24-28-13-7-6-8-14-28/h6-8,10-11,13-15,17,19-22,27,33,35-38,46,51H,3-5,9,12,16,18,23-26,44H2,1-2H3,(H2,45,52)(H,47,53)(H,48,54)/t33?,35-,36-,37-,38-/m0/s1. The van der Waals surface area contributed by atoms with Crippen molar-refractivity contribution in [2.75, 3.05) is 13.6 Å². The van der Waals surface area contributed by atoms with Crippen molar-refractivity contribution in [3.8, 4) is 5.75 Å². The molecule has 1 aliphatic rings. The highest BCUT2D eigenvalue weighted by molar-refractivity contribution is 5.96. The van der Waals surface area contributed by atoms with E-state index in [1.165, 1.54) is 21.9 Å². The summed E-state index contributed by atoms with van der Waals surface area (Å²) in [6, 6.07) is 18.3. The first-order chi connectivity index (χ1) is 27.0. The number of nitrogens with one attached hydrogen (secondary N) is 3. The predicted molar refractivity (Wildman–Crippen MR) is 215 cm³/mol. The quantitative estimate of drug-likeness (QED) is 0.0784. The molecule has 0 saturated carbocycles. The summed E-state index contributed by atoms with van der Waals surface area (Å²) in [5.41, 5.74) is 15.3. The first kappa shape index (κ1) is 41.5. The van der Waals surface area contributed by atoms with E-state index in [1.807, 2.05) is 54.6 Å². The molecule has 5 amide bonds. The first-order valence-electron chi connectivity index (χ1n) is 19.6. The lowest BCUT2D eigenvalue weighted by atomic mass is 10.0. The second kappa shape index (κ2) is 19.8. The van der Waals surface area contributed by atoms with Crippen LogP contribution in [0.1, 0.15) is 68.6 Å². The number of carbonyl (C=O) groups excluding carboxylic acids is 5. The van der Waals surface area contributed by atoms with Gasteiger partial charge >= 0.3 is 0 Å². The van der Waals surface area contributed by atoms with Crippen LogP contribution in [0.25, 0.3) is 10.9 Å². The summed E-state index contributed by atoms with van der Waals surface area (Å²) in [6.07, 6.45) is 7.38. The van der Waals surface area contributed by atoms with Crippen LogP contribution < -0.4 is 22.1 Å². The zero-order valence-corrected chi connectivity index (χ0v) is 32.3. The Morgan fingerprint density at radius 1 is 0.875 bits per heavy atom. The normalized spacial score (nSPS) is 16.1. The van der Waals surface area contributed by atoms with E-state index >= 15 is 0 Å². The van der Waals surface area contributed by atoms with Crippen molar-refractivity contribution in [3.63, 3.8) is 0 Å². The Hall–Kier alpha value is -5.69. The Morgan fingerprint density at radius 3 is 2.29 bits per heavy atom. The molecule has 1 fully saturated rings. The number of fused-ring (bicyclic) bond motifs is 1. The van der Waals surface area contributed by atoms with E-state index in [0.29, 0.717) is 24.8 Å². The number of nitrogens with two attached hydrogens (primary N) is 2. The molecule has 0 aliphatic carbocycles. The Morgan fingerprint density at radius 2 is 1.57 bits per heavy atom. The third kappa shape index (κ3) is 10.7. The van der Waals surface area contributed by atoms with Gasteiger partial charge in [-0.25, -0.2) is 0 Å². The molecule has 1 aliphatic heterocycles. The molecule has 2 heterocycles. The number of H-pyrrole nitrogens is 1. The highest BCUT2D eigenvalue weighted by Crippen LogP contribution is 2.24. The minimum absolute atomic E-state index is 0.0693. The Balaban J connectivity index is 1.38. The number of para-hydroxylation sites is 1. The fraction of sp³-hybridized carbons (Fsp3) is 0.419. The van der Waals surface area contributed by atoms with E-state index in [2.05, 4.69) is 22.5 Å². The van der Waals surface area contributed by atoms with Gasteiger partial charge < -0.3 is 42.0 Å². The van der Waals surface area contributed by atoms with Crippen LogP contribution in [-0.4, -0.2) is 93.2 Å². The van der Waals surface area contributed by atoms with Gasteiger partial charge in [-0.3, -0.25) is 24.0 Å². The molecule has 4 aromatic rings. The van der Waals surface area contributed by atoms with Crippen LogP contribution in [0.2, 0.25) is 0 Å². The SMILES string of the molecule is CCCCCCC(N)C(=O)N(C)[C@@H](Cc1ccc(O)cc1)C(=O)N1CCC[C@H]1C(=O)N[C@@H](Cc1c[nH]c2ccccc12)C(=O)N[C@@H](Cc1ccccc1)C(N)=O. The number of hydrogen-bond donors (Lipinski definition) is 6. The molecule has 3 aromatic carbocycles. The number of primary amides is 1. The van der Waals surface area contributed by atoms with Gasteiger partial charge in [0.05, 0.1) is 6.04 Å². The smallest absolute Gasteiger partial charge is 0.246 e. The lowest BCUT2D eigenvalue weighted by Crippen LogP contribution is -2.59. The van der Waals surface area contributed by atoms with Gasteiger partial charge in [-0.2, -0.15) is 0 Å². The Bertz CT molecular complexity index is 1950. The summed E-state index contributed by atoms with van der Waals surface area (Å²) in [5, 5.41) is 16.5. The van der Waals surface area contributed by atoms with E-state index < -0.39 is 53.8 Å². The number of amides is 5. The molecule has 5 rings (SSSR count). The molecule has 298 valence electrons. The molecule has 1 unspecified atom stereocenters. The van der Waals surface area contributed by atoms with Crippen LogP contribution in [0.3, 0.4) is 0 Å². The molecule has 13 nitrogen and oxygen atoms in total. The number of likely N-dealkylation sites (tertiary alicyclic amines) is 1. The van der Waals surface area contributed by atoms with Crippen LogP contribution >= 0.6 is 0 Å². The third-order valence-corrected chi connectivity index (χ3v) is 10.7. The van der Waals surface area contributed by atoms with Gasteiger partial charge in [0.1, 0.15) is 29.9 Å². The van der Waals surface area contributed by atoms with Crippen molar-refractivity contribution >= 4 is 40.4 Å². The molecule has 13 heteroatoms. The maximum atomic E-state index is 14.5. The molecular formula is C43H55N7O6. The molecular weight excluding hydrogens is 711 g/mol. The minimum atomic E-state index is -1.13. The maximum Gasteiger partial charge on any atom is 0.246 e. The number of nitrogens with zero attached hydrogens (tertiary/aromatic N) is 2. The van der Waals surface area contributed by atoms with E-state index in [1.54, 1.807) is 25.4 Å². The average molecular weight is 766 g/mol. The molecule has 1 saturated heterocycles. The average Bonchev–Trinajstić information content (AvgIpc) is 3.86. The van der Waals surface area contributed by atoms with Gasteiger partial charge in [0.2, 0.25) is 29.5 Å². The summed E-state index contributed by atoms with van der Waals surface area (Å²) in [6.45, 7) is 2.38. The van der Waals surface area contributed by atoms with Gasteiger partial charge in [0, 0.05) is 50.0 Å². The van der Waals surface area contributed by atoms with E-state index in [-0.39, 0.29) is 37.5 Å². The Labute approximate surface area is 328 Å². The number of likely N-dealkylation sites (N-methyl/N-ethyl adjacent to an activating group) is 1. The molecule has 8 N–H and O–H groups in total. The second-order valence-corrected chi connectivity index (χ2v) is 14.8. The summed E-state index contributed by atoms with van der Waals surface area (Å²) >= 11 is 0. The number of aromatic hydroxyl groups is 1. The topological polar surface area (TPSA) is 204 Å². The Kier molecular flexibility index (Phi) is 14.6. The lowest BCUT2D eigenvalue weighted by Gasteiger charge is -2.34. The second-order valence-electron chi connectivity index (χ2n) is 14.8. The molecule has 0 radical (unpaired) electrons. The first-order valence-corrected chi connectivity index (χ1v) is 19.6. The maximum absolute atomic E-state index is 14.5. The van der Waals surface area contributed by atoms with Crippen molar-refractivity contribution in [3.05, 3.63) is 102 Å². The third-order valence-electron chi connectivity index (χ3n) is 10.7. The number of unbranched alkanes of at least 4 members (excludes halogenated alkanes) is 3. The number of phenolic OH excluding ortho intramolecular Hbond substituents is 1. The monoisotopic (exact) mass is 765 g/mol. The van der Waals surface area contributed by atoms with Crippen LogP contribution in [0.15, 0.2) is 85.1 Å². The molecule has 1 aromatic heterocycles. The van der Waals surface area contributed by atoms with Crippen LogP contribution in [0.4, 0.5) is 0 Å². The predicted octanol–water partition coefficient (Wildman–Crippen LogP) is 3.47. The lowest BCUT2D eigenvalue weighted by molar-refractivity contribution is -0.148. The molecule has 0 spiro atoms. The zero-order chi connectivity index (χ0) is 40.2. The highest BCUT2D eigenvalue weighted by atomic mass is 16.3. The number of hydrogen-bond acceptors (Lipinski definition) is 7. The van der Waals surface area contributed by atoms with Crippen molar-refractivity contribution in [1.82, 2.24) is 25.4 Å². The minimum Gasteiger partial charge on any atom is -0.508 e. The molecule has 5 atom stereocenters. The number of benzene rings is 3. The fourth-order valence-corrected chi connectivity index (χ4v) is 7.41. The van der Waals surface area contributed by atoms with E-state index in [4.69, 9.17) is 11.5 Å². The summed E-state index contributed by atoms with van der Waals surface area (Å²) < 4.78 is 0. The summed E-state index contributed by atoms with van der Waals surface area (Å²) in [7, 11) is 1.56. The van der Waals surface area contributed by atoms with Crippen molar-refractivity contribution < 1.29 is 29.1 Å². The number of phenols is 1. The van der Waals surface area contributed by atoms with Gasteiger partial charge in [-0.1, -0.05) is 93.3 Å². The number of rotatable bonds is 19. The molecule has 0 bridgehead atoms. The summed E-state index contributed by atoms with van der Waals surface area (Å²) in [5.74, 6) is -2.55. The largest absolute Gasteiger partial charge is 0.508 e. The van der Waals surface area contributed by atoms with Crippen LogP contribution in [0.5, 0.6) is 5.75 Å². The number of aromatic nitrogens is 1. The van der Waals surface area contributed by atoms with Crippen molar-refractivity contribution in [1.29, 1.82) is 0 Å². The molecule has 56 heavy (non-hydrogen) atoms. The van der Waals surface area contributed by atoms with Crippen LogP contribution in [-0.2, 0) is 43.2 Å². The van der Waals surface area contributed by atoms with Crippen LogP contribution in [0, 0.1) is 0 Å². The van der Waals surface area contributed by atoms with E-state index in [9.17, 15) is 29.1 Å². The zero-order valence-electron chi connectivity index (χ0n) is 32.3. The van der Waals surface area contributed by atoms with Gasteiger partial charge in [-0.05, 0) is 54.2 Å². The van der Waals surface area contributed by atoms with Gasteiger partial charge in [0.15, 0.2) is 0 Å². The number of carbonyl (C=O) groups is 5. The highest BCUT2D eigenvalue weighted by Gasteiger charge is 2.41. The van der Waals surface area contributed by atoms with Gasteiger partial charge in [0.25, 0.3) is 0 Å². The van der Waals surface area contributed by atoms with Gasteiger partial charge in [-0.15, -0.1) is 0 Å². The van der Waals surface area contributed by atoms with Crippen molar-refractivity contribution in [2.24, 2.45) is 11.5 Å². The number of aromatic amines is 1. The van der Waals surface area contributed by atoms with Crippen molar-refractivity contribution in [2.45, 2.75) is 101 Å². The fourth-order valence-electron chi connectivity index (χ4n) is 7.41. The van der Waals surface area contributed by atoms with E-state index in [0.717, 1.165) is 47.7 Å².